The van der Waals surface area contributed by atoms with Gasteiger partial charge in [-0.1, -0.05) is 0 Å². The Morgan fingerprint density at radius 2 is 2.38 bits per heavy atom. The van der Waals surface area contributed by atoms with E-state index in [-0.39, 0.29) is 5.75 Å². The molecule has 5 nitrogen and oxygen atoms in total. The largest absolute Gasteiger partial charge is 0.311 e. The van der Waals surface area contributed by atoms with Crippen LogP contribution in [-0.2, 0) is 16.6 Å². The van der Waals surface area contributed by atoms with E-state index in [2.05, 4.69) is 10.3 Å². The predicted molar refractivity (Wildman–Crippen MR) is 51.8 cm³/mol. The third kappa shape index (κ3) is 4.94. The van der Waals surface area contributed by atoms with Crippen molar-refractivity contribution in [2.24, 2.45) is 5.14 Å². The fourth-order valence-corrected chi connectivity index (χ4v) is 1.75. The number of thiazole rings is 1. The molecule has 74 valence electrons. The molecule has 0 fully saturated rings. The van der Waals surface area contributed by atoms with Crippen molar-refractivity contribution in [1.82, 2.24) is 10.3 Å². The minimum atomic E-state index is -3.34. The summed E-state index contributed by atoms with van der Waals surface area (Å²) < 4.78 is 21.0. The van der Waals surface area contributed by atoms with Crippen LogP contribution >= 0.6 is 11.3 Å². The van der Waals surface area contributed by atoms with E-state index in [0.29, 0.717) is 13.1 Å². The summed E-state index contributed by atoms with van der Waals surface area (Å²) in [6.07, 6.45) is 1.74. The second-order valence-corrected chi connectivity index (χ2v) is 5.22. The first-order valence-electron chi connectivity index (χ1n) is 3.66. The quantitative estimate of drug-likeness (QED) is 0.658. The van der Waals surface area contributed by atoms with E-state index in [1.807, 2.05) is 0 Å². The first-order valence-corrected chi connectivity index (χ1v) is 6.26. The van der Waals surface area contributed by atoms with Gasteiger partial charge in [0.1, 0.15) is 0 Å². The van der Waals surface area contributed by atoms with Crippen molar-refractivity contribution < 1.29 is 8.42 Å². The maximum atomic E-state index is 10.5. The van der Waals surface area contributed by atoms with E-state index in [1.165, 1.54) is 11.3 Å². The molecule has 3 N–H and O–H groups in total. The molecule has 0 saturated heterocycles. The van der Waals surface area contributed by atoms with Gasteiger partial charge in [-0.3, -0.25) is 4.98 Å². The van der Waals surface area contributed by atoms with Crippen molar-refractivity contribution in [2.75, 3.05) is 12.3 Å². The van der Waals surface area contributed by atoms with Crippen LogP contribution in [0.3, 0.4) is 0 Å². The van der Waals surface area contributed by atoms with Gasteiger partial charge in [0.15, 0.2) is 0 Å². The third-order valence-corrected chi connectivity index (χ3v) is 2.90. The summed E-state index contributed by atoms with van der Waals surface area (Å²) in [6.45, 7) is 1.01. The lowest BCUT2D eigenvalue weighted by Gasteiger charge is -2.00. The number of sulfonamides is 1. The van der Waals surface area contributed by atoms with E-state index >= 15 is 0 Å². The van der Waals surface area contributed by atoms with E-state index in [1.54, 1.807) is 11.7 Å². The molecule has 0 atom stereocenters. The summed E-state index contributed by atoms with van der Waals surface area (Å²) in [5, 5.41) is 7.77. The van der Waals surface area contributed by atoms with Gasteiger partial charge in [0.05, 0.1) is 11.3 Å². The van der Waals surface area contributed by atoms with E-state index in [9.17, 15) is 8.42 Å². The molecule has 1 rings (SSSR count). The molecule has 0 amide bonds. The van der Waals surface area contributed by atoms with E-state index in [0.717, 1.165) is 4.88 Å². The lowest BCUT2D eigenvalue weighted by Crippen LogP contribution is -2.26. The van der Waals surface area contributed by atoms with Gasteiger partial charge in [0.25, 0.3) is 0 Å². The summed E-state index contributed by atoms with van der Waals surface area (Å²) in [4.78, 5) is 4.96. The standard InChI is InChI=1S/C6H11N3O2S2/c7-13(10,11)2-1-8-3-6-4-9-5-12-6/h4-5,8H,1-3H2,(H2,7,10,11). The van der Waals surface area contributed by atoms with Crippen LogP contribution in [0, 0.1) is 0 Å². The van der Waals surface area contributed by atoms with Crippen LogP contribution in [0.15, 0.2) is 11.7 Å². The Morgan fingerprint density at radius 3 is 2.92 bits per heavy atom. The van der Waals surface area contributed by atoms with Crippen LogP contribution in [0.1, 0.15) is 4.88 Å². The summed E-state index contributed by atoms with van der Waals surface area (Å²) in [7, 11) is -3.34. The van der Waals surface area contributed by atoms with Crippen LogP contribution in [0.25, 0.3) is 0 Å². The lowest BCUT2D eigenvalue weighted by molar-refractivity contribution is 0.592. The van der Waals surface area contributed by atoms with Crippen LogP contribution in [0.4, 0.5) is 0 Å². The second-order valence-electron chi connectivity index (χ2n) is 2.51. The monoisotopic (exact) mass is 221 g/mol. The van der Waals surface area contributed by atoms with Gasteiger partial charge in [0.2, 0.25) is 10.0 Å². The van der Waals surface area contributed by atoms with Crippen molar-refractivity contribution >= 4 is 21.4 Å². The van der Waals surface area contributed by atoms with Gasteiger partial charge in [-0.05, 0) is 0 Å². The molecular weight excluding hydrogens is 210 g/mol. The Morgan fingerprint density at radius 1 is 1.62 bits per heavy atom. The van der Waals surface area contributed by atoms with Gasteiger partial charge in [-0.15, -0.1) is 11.3 Å². The fraction of sp³-hybridized carbons (Fsp3) is 0.500. The van der Waals surface area contributed by atoms with Gasteiger partial charge < -0.3 is 5.32 Å². The van der Waals surface area contributed by atoms with Crippen LogP contribution in [0.2, 0.25) is 0 Å². The number of hydrogen-bond donors (Lipinski definition) is 2. The average Bonchev–Trinajstić information content (AvgIpc) is 2.48. The molecule has 0 spiro atoms. The summed E-state index contributed by atoms with van der Waals surface area (Å²) in [6, 6.07) is 0. The lowest BCUT2D eigenvalue weighted by atomic mass is 10.5. The molecule has 1 heterocycles. The number of nitrogens with one attached hydrogen (secondary N) is 1. The normalized spacial score (nSPS) is 11.8. The average molecular weight is 221 g/mol. The molecule has 1 aromatic heterocycles. The Bertz CT molecular complexity index is 333. The fourth-order valence-electron chi connectivity index (χ4n) is 0.755. The zero-order chi connectivity index (χ0) is 9.73. The highest BCUT2D eigenvalue weighted by Crippen LogP contribution is 2.03. The highest BCUT2D eigenvalue weighted by molar-refractivity contribution is 7.89. The molecule has 1 aromatic rings. The summed E-state index contributed by atoms with van der Waals surface area (Å²) in [5.41, 5.74) is 1.73. The maximum Gasteiger partial charge on any atom is 0.210 e. The van der Waals surface area contributed by atoms with Crippen molar-refractivity contribution in [3.63, 3.8) is 0 Å². The van der Waals surface area contributed by atoms with Crippen molar-refractivity contribution in [1.29, 1.82) is 0 Å². The number of hydrogen-bond acceptors (Lipinski definition) is 5. The Labute approximate surface area is 81.0 Å². The number of aromatic nitrogens is 1. The minimum absolute atomic E-state index is 0.0359. The zero-order valence-corrected chi connectivity index (χ0v) is 8.57. The van der Waals surface area contributed by atoms with Gasteiger partial charge in [0, 0.05) is 24.2 Å². The summed E-state index contributed by atoms with van der Waals surface area (Å²) in [5.74, 6) is -0.0359. The third-order valence-electron chi connectivity index (χ3n) is 1.35. The topological polar surface area (TPSA) is 85.1 Å². The van der Waals surface area contributed by atoms with Crippen LogP contribution in [0.5, 0.6) is 0 Å². The highest BCUT2D eigenvalue weighted by atomic mass is 32.2. The Kier molecular flexibility index (Phi) is 3.79. The minimum Gasteiger partial charge on any atom is -0.311 e. The molecule has 0 saturated carbocycles. The first kappa shape index (κ1) is 10.6. The van der Waals surface area contributed by atoms with Crippen molar-refractivity contribution in [3.8, 4) is 0 Å². The Balaban J connectivity index is 2.16. The van der Waals surface area contributed by atoms with Crippen LogP contribution in [-0.4, -0.2) is 25.7 Å². The van der Waals surface area contributed by atoms with Gasteiger partial charge >= 0.3 is 0 Å². The molecule has 0 radical (unpaired) electrons. The Hall–Kier alpha value is -0.500. The number of primary sulfonamides is 1. The molecule has 7 heteroatoms. The predicted octanol–water partition coefficient (Wildman–Crippen LogP) is -0.479. The SMILES string of the molecule is NS(=O)(=O)CCNCc1cncs1. The molecule has 13 heavy (non-hydrogen) atoms. The molecule has 0 aliphatic heterocycles. The number of nitrogens with two attached hydrogens (primary N) is 1. The van der Waals surface area contributed by atoms with Crippen molar-refractivity contribution in [3.05, 3.63) is 16.6 Å². The van der Waals surface area contributed by atoms with E-state index < -0.39 is 10.0 Å². The molecule has 0 bridgehead atoms. The second kappa shape index (κ2) is 4.66. The molecule has 0 aromatic carbocycles. The maximum absolute atomic E-state index is 10.5. The first-order chi connectivity index (χ1) is 6.08. The van der Waals surface area contributed by atoms with Crippen molar-refractivity contribution in [2.45, 2.75) is 6.54 Å². The number of rotatable bonds is 5. The number of nitrogens with zero attached hydrogens (tertiary/aromatic N) is 1. The summed E-state index contributed by atoms with van der Waals surface area (Å²) >= 11 is 1.53. The molecule has 0 aliphatic rings. The zero-order valence-electron chi connectivity index (χ0n) is 6.93. The van der Waals surface area contributed by atoms with E-state index in [4.69, 9.17) is 5.14 Å². The van der Waals surface area contributed by atoms with Crippen LogP contribution < -0.4 is 10.5 Å². The van der Waals surface area contributed by atoms with Gasteiger partial charge in [-0.2, -0.15) is 0 Å². The highest BCUT2D eigenvalue weighted by Gasteiger charge is 2.01. The molecule has 0 unspecified atom stereocenters. The molecule has 0 aliphatic carbocycles. The smallest absolute Gasteiger partial charge is 0.210 e. The van der Waals surface area contributed by atoms with Gasteiger partial charge in [-0.25, -0.2) is 13.6 Å². The molecular formula is C6H11N3O2S2.